The molecule has 2 aromatic carbocycles. The highest BCUT2D eigenvalue weighted by atomic mass is 32.2. The molecule has 0 aliphatic carbocycles. The van der Waals surface area contributed by atoms with Crippen LogP contribution in [0.5, 0.6) is 0 Å². The monoisotopic (exact) mass is 385 g/mol. The zero-order valence-electron chi connectivity index (χ0n) is 15.6. The van der Waals surface area contributed by atoms with E-state index in [9.17, 15) is 9.90 Å². The van der Waals surface area contributed by atoms with Gasteiger partial charge in [0.05, 0.1) is 11.3 Å². The fourth-order valence-electron chi connectivity index (χ4n) is 3.06. The third-order valence-electron chi connectivity index (χ3n) is 4.68. The number of benzene rings is 2. The number of amides is 2. The summed E-state index contributed by atoms with van der Waals surface area (Å²) in [5.41, 5.74) is 2.41. The number of para-hydroxylation sites is 1. The number of thioether (sulfide) groups is 1. The van der Waals surface area contributed by atoms with Gasteiger partial charge in [0, 0.05) is 23.7 Å². The van der Waals surface area contributed by atoms with Crippen molar-refractivity contribution in [3.05, 3.63) is 59.7 Å². The molecule has 0 bridgehead atoms. The molecule has 144 valence electrons. The van der Waals surface area contributed by atoms with Crippen molar-refractivity contribution in [2.45, 2.75) is 36.0 Å². The van der Waals surface area contributed by atoms with Gasteiger partial charge >= 0.3 is 6.03 Å². The number of urea groups is 1. The second-order valence-electron chi connectivity index (χ2n) is 7.08. The number of nitrogens with one attached hydrogen (secondary N) is 3. The molecule has 0 aromatic heterocycles. The molecule has 0 spiro atoms. The number of β-amino-alcohol motifs (C(OH)–C–C–N with tert-alkyl or cyclic N) is 1. The van der Waals surface area contributed by atoms with E-state index in [0.29, 0.717) is 13.0 Å². The van der Waals surface area contributed by atoms with Gasteiger partial charge in [-0.3, -0.25) is 0 Å². The van der Waals surface area contributed by atoms with Crippen molar-refractivity contribution in [3.63, 3.8) is 0 Å². The Labute approximate surface area is 164 Å². The predicted octanol–water partition coefficient (Wildman–Crippen LogP) is 3.52. The van der Waals surface area contributed by atoms with Crippen LogP contribution in [0.4, 0.5) is 10.5 Å². The summed E-state index contributed by atoms with van der Waals surface area (Å²) in [4.78, 5) is 13.3. The molecule has 2 aromatic rings. The molecular weight excluding hydrogens is 358 g/mol. The molecule has 1 aliphatic heterocycles. The number of hydrogen-bond acceptors (Lipinski definition) is 4. The van der Waals surface area contributed by atoms with E-state index in [2.05, 4.69) is 47.1 Å². The van der Waals surface area contributed by atoms with Crippen molar-refractivity contribution in [2.75, 3.05) is 25.0 Å². The van der Waals surface area contributed by atoms with Gasteiger partial charge in [0.25, 0.3) is 0 Å². The van der Waals surface area contributed by atoms with Crippen molar-refractivity contribution in [3.8, 4) is 0 Å². The number of aliphatic hydroxyl groups is 1. The Morgan fingerprint density at radius 2 is 2.00 bits per heavy atom. The zero-order chi connectivity index (χ0) is 19.1. The summed E-state index contributed by atoms with van der Waals surface area (Å²) in [6.07, 6.45) is 1.61. The number of carbonyl (C=O) groups excluding carboxylic acids is 1. The normalized spacial score (nSPS) is 19.5. The molecule has 1 fully saturated rings. The van der Waals surface area contributed by atoms with E-state index in [4.69, 9.17) is 0 Å². The van der Waals surface area contributed by atoms with E-state index in [0.717, 1.165) is 29.3 Å². The number of carbonyl (C=O) groups is 1. The molecule has 1 saturated heterocycles. The smallest absolute Gasteiger partial charge is 0.319 e. The molecule has 0 radical (unpaired) electrons. The SMILES string of the molecule is Cc1ccc(CSc2ccccc2NC(=O)NC[C@@]2(O)CCCNC2)cc1. The first-order chi connectivity index (χ1) is 13.0. The van der Waals surface area contributed by atoms with Gasteiger partial charge in [-0.05, 0) is 44.0 Å². The number of anilines is 1. The highest BCUT2D eigenvalue weighted by Crippen LogP contribution is 2.29. The first kappa shape index (κ1) is 19.7. The topological polar surface area (TPSA) is 73.4 Å². The summed E-state index contributed by atoms with van der Waals surface area (Å²) in [5.74, 6) is 0.839. The van der Waals surface area contributed by atoms with E-state index < -0.39 is 5.60 Å². The molecule has 3 rings (SSSR count). The van der Waals surface area contributed by atoms with Crippen LogP contribution in [-0.2, 0) is 5.75 Å². The van der Waals surface area contributed by atoms with E-state index >= 15 is 0 Å². The molecule has 0 saturated carbocycles. The summed E-state index contributed by atoms with van der Waals surface area (Å²) >= 11 is 1.69. The van der Waals surface area contributed by atoms with Gasteiger partial charge in [0.1, 0.15) is 0 Å². The first-order valence-corrected chi connectivity index (χ1v) is 10.3. The van der Waals surface area contributed by atoms with Crippen molar-refractivity contribution in [1.29, 1.82) is 0 Å². The van der Waals surface area contributed by atoms with Gasteiger partial charge in [0.15, 0.2) is 0 Å². The Kier molecular flexibility index (Phi) is 6.77. The van der Waals surface area contributed by atoms with E-state index in [1.165, 1.54) is 11.1 Å². The van der Waals surface area contributed by atoms with Crippen LogP contribution in [0.3, 0.4) is 0 Å². The van der Waals surface area contributed by atoms with Crippen LogP contribution in [0.25, 0.3) is 0 Å². The van der Waals surface area contributed by atoms with Gasteiger partial charge in [0.2, 0.25) is 0 Å². The summed E-state index contributed by atoms with van der Waals surface area (Å²) in [7, 11) is 0. The maximum Gasteiger partial charge on any atom is 0.319 e. The van der Waals surface area contributed by atoms with Crippen molar-refractivity contribution >= 4 is 23.5 Å². The third kappa shape index (κ3) is 5.99. The minimum Gasteiger partial charge on any atom is -0.387 e. The second-order valence-corrected chi connectivity index (χ2v) is 8.10. The minimum atomic E-state index is -0.866. The third-order valence-corrected chi connectivity index (χ3v) is 5.82. The van der Waals surface area contributed by atoms with Crippen LogP contribution in [0.15, 0.2) is 53.4 Å². The maximum absolute atomic E-state index is 12.3. The minimum absolute atomic E-state index is 0.241. The first-order valence-electron chi connectivity index (χ1n) is 9.29. The van der Waals surface area contributed by atoms with Gasteiger partial charge in [-0.1, -0.05) is 42.0 Å². The van der Waals surface area contributed by atoms with Crippen LogP contribution in [0.1, 0.15) is 24.0 Å². The molecule has 1 aliphatic rings. The van der Waals surface area contributed by atoms with Gasteiger partial charge in [-0.2, -0.15) is 0 Å². The molecule has 6 heteroatoms. The number of aryl methyl sites for hydroxylation is 1. The average molecular weight is 386 g/mol. The van der Waals surface area contributed by atoms with Crippen molar-refractivity contribution in [2.24, 2.45) is 0 Å². The predicted molar refractivity (Wildman–Crippen MR) is 111 cm³/mol. The van der Waals surface area contributed by atoms with Crippen LogP contribution < -0.4 is 16.0 Å². The summed E-state index contributed by atoms with van der Waals surface area (Å²) in [6.45, 7) is 3.75. The summed E-state index contributed by atoms with van der Waals surface area (Å²) in [5, 5.41) is 19.3. The molecule has 2 amide bonds. The van der Waals surface area contributed by atoms with Gasteiger partial charge in [-0.25, -0.2) is 4.79 Å². The maximum atomic E-state index is 12.3. The van der Waals surface area contributed by atoms with E-state index in [-0.39, 0.29) is 12.6 Å². The Morgan fingerprint density at radius 1 is 1.22 bits per heavy atom. The Bertz CT molecular complexity index is 758. The average Bonchev–Trinajstić information content (AvgIpc) is 2.68. The molecule has 0 unspecified atom stereocenters. The lowest BCUT2D eigenvalue weighted by Crippen LogP contribution is -2.53. The number of rotatable bonds is 6. The standard InChI is InChI=1S/C21H27N3O2S/c1-16-7-9-17(10-8-16)13-27-19-6-3-2-5-18(19)24-20(25)23-15-21(26)11-4-12-22-14-21/h2-3,5-10,22,26H,4,11-15H2,1H3,(H2,23,24,25)/t21-/m1/s1. The highest BCUT2D eigenvalue weighted by Gasteiger charge is 2.29. The number of hydrogen-bond donors (Lipinski definition) is 4. The number of piperidine rings is 1. The fourth-order valence-corrected chi connectivity index (χ4v) is 4.02. The highest BCUT2D eigenvalue weighted by molar-refractivity contribution is 7.98. The molecule has 1 heterocycles. The molecule has 5 nitrogen and oxygen atoms in total. The largest absolute Gasteiger partial charge is 0.387 e. The summed E-state index contributed by atoms with van der Waals surface area (Å²) in [6, 6.07) is 16.0. The van der Waals surface area contributed by atoms with E-state index in [1.807, 2.05) is 24.3 Å². The van der Waals surface area contributed by atoms with Crippen LogP contribution in [0, 0.1) is 6.92 Å². The van der Waals surface area contributed by atoms with Gasteiger partial charge in [-0.15, -0.1) is 11.8 Å². The quantitative estimate of drug-likeness (QED) is 0.574. The Balaban J connectivity index is 1.55. The Morgan fingerprint density at radius 3 is 2.74 bits per heavy atom. The lowest BCUT2D eigenvalue weighted by molar-refractivity contribution is 0.0198. The van der Waals surface area contributed by atoms with Gasteiger partial charge < -0.3 is 21.1 Å². The van der Waals surface area contributed by atoms with E-state index in [1.54, 1.807) is 11.8 Å². The second kappa shape index (κ2) is 9.26. The van der Waals surface area contributed by atoms with Crippen molar-refractivity contribution < 1.29 is 9.90 Å². The molecular formula is C21H27N3O2S. The Hall–Kier alpha value is -2.02. The lowest BCUT2D eigenvalue weighted by atomic mass is 9.94. The lowest BCUT2D eigenvalue weighted by Gasteiger charge is -2.32. The van der Waals surface area contributed by atoms with Crippen LogP contribution in [-0.4, -0.2) is 36.4 Å². The van der Waals surface area contributed by atoms with Crippen LogP contribution >= 0.6 is 11.8 Å². The zero-order valence-corrected chi connectivity index (χ0v) is 16.4. The molecule has 1 atom stereocenters. The fraction of sp³-hybridized carbons (Fsp3) is 0.381. The molecule has 27 heavy (non-hydrogen) atoms. The molecule has 4 N–H and O–H groups in total. The van der Waals surface area contributed by atoms with Crippen molar-refractivity contribution in [1.82, 2.24) is 10.6 Å². The summed E-state index contributed by atoms with van der Waals surface area (Å²) < 4.78 is 0. The van der Waals surface area contributed by atoms with Crippen LogP contribution in [0.2, 0.25) is 0 Å².